The molecule has 3 saturated heterocycles. The number of aliphatic carboxylic acids is 1. The van der Waals surface area contributed by atoms with Gasteiger partial charge in [-0.05, 0) is 13.8 Å². The molecule has 15 nitrogen and oxygen atoms in total. The molecular weight excluding hydrogens is 456 g/mol. The quantitative estimate of drug-likeness (QED) is 0.176. The summed E-state index contributed by atoms with van der Waals surface area (Å²) in [5, 5.41) is 90.2. The Balaban J connectivity index is 1.79. The first-order valence-corrected chi connectivity index (χ1v) is 10.3. The lowest BCUT2D eigenvalue weighted by atomic mass is 9.96. The van der Waals surface area contributed by atoms with Crippen molar-refractivity contribution in [3.05, 3.63) is 0 Å². The number of carboxylic acid groups (broad SMARTS) is 1. The van der Waals surface area contributed by atoms with E-state index in [0.717, 1.165) is 0 Å². The molecule has 0 unspecified atom stereocenters. The summed E-state index contributed by atoms with van der Waals surface area (Å²) in [4.78, 5) is 11.1. The van der Waals surface area contributed by atoms with Gasteiger partial charge in [-0.2, -0.15) is 0 Å². The Bertz CT molecular complexity index is 679. The highest BCUT2D eigenvalue weighted by Crippen LogP contribution is 2.32. The van der Waals surface area contributed by atoms with E-state index in [-0.39, 0.29) is 0 Å². The van der Waals surface area contributed by atoms with Gasteiger partial charge >= 0.3 is 5.97 Å². The van der Waals surface area contributed by atoms with E-state index in [9.17, 15) is 45.6 Å². The molecule has 0 bridgehead atoms. The molecule has 0 aromatic rings. The average molecular weight is 486 g/mol. The molecule has 15 atom stereocenters. The number of aliphatic hydroxyl groups is 8. The Morgan fingerprint density at radius 1 is 0.606 bits per heavy atom. The fourth-order valence-electron chi connectivity index (χ4n) is 3.89. The van der Waals surface area contributed by atoms with Gasteiger partial charge in [0.05, 0.1) is 12.2 Å². The van der Waals surface area contributed by atoms with E-state index in [1.165, 1.54) is 13.8 Å². The third-order valence-corrected chi connectivity index (χ3v) is 5.98. The summed E-state index contributed by atoms with van der Waals surface area (Å²) in [6.07, 6.45) is -24.8. The third kappa shape index (κ3) is 5.15. The van der Waals surface area contributed by atoms with Crippen molar-refractivity contribution >= 4 is 5.97 Å². The summed E-state index contributed by atoms with van der Waals surface area (Å²) in [5.41, 5.74) is 0. The second-order valence-corrected chi connectivity index (χ2v) is 8.34. The molecule has 0 saturated carbocycles. The lowest BCUT2D eigenvalue weighted by molar-refractivity contribution is -0.385. The third-order valence-electron chi connectivity index (χ3n) is 5.98. The number of hydrogen-bond acceptors (Lipinski definition) is 14. The highest BCUT2D eigenvalue weighted by atomic mass is 16.8. The largest absolute Gasteiger partial charge is 0.479 e. The smallest absolute Gasteiger partial charge is 0.335 e. The summed E-state index contributed by atoms with van der Waals surface area (Å²) < 4.78 is 26.5. The molecule has 3 heterocycles. The van der Waals surface area contributed by atoms with E-state index in [2.05, 4.69) is 0 Å². The van der Waals surface area contributed by atoms with E-state index in [1.54, 1.807) is 0 Å². The Morgan fingerprint density at radius 3 is 1.67 bits per heavy atom. The maximum atomic E-state index is 11.1. The van der Waals surface area contributed by atoms with Gasteiger partial charge < -0.3 is 69.6 Å². The van der Waals surface area contributed by atoms with Crippen LogP contribution < -0.4 is 0 Å². The molecule has 192 valence electrons. The number of hydrogen-bond donors (Lipinski definition) is 9. The monoisotopic (exact) mass is 486 g/mol. The maximum absolute atomic E-state index is 11.1. The molecule has 0 amide bonds. The topological polar surface area (TPSA) is 245 Å². The van der Waals surface area contributed by atoms with Crippen molar-refractivity contribution in [1.82, 2.24) is 0 Å². The Hall–Kier alpha value is -1.05. The summed E-state index contributed by atoms with van der Waals surface area (Å²) in [6, 6.07) is 0. The van der Waals surface area contributed by atoms with E-state index >= 15 is 0 Å². The van der Waals surface area contributed by atoms with Crippen molar-refractivity contribution < 1.29 is 74.4 Å². The number of ether oxygens (including phenoxy) is 5. The summed E-state index contributed by atoms with van der Waals surface area (Å²) in [6.45, 7) is 2.76. The number of aliphatic hydroxyl groups excluding tert-OH is 8. The van der Waals surface area contributed by atoms with Gasteiger partial charge in [0, 0.05) is 0 Å². The fraction of sp³-hybridized carbons (Fsp3) is 0.944. The fourth-order valence-corrected chi connectivity index (χ4v) is 3.89. The Labute approximate surface area is 187 Å². The van der Waals surface area contributed by atoms with E-state index in [0.29, 0.717) is 0 Å². The molecule has 9 N–H and O–H groups in total. The van der Waals surface area contributed by atoms with Crippen molar-refractivity contribution in [2.24, 2.45) is 0 Å². The van der Waals surface area contributed by atoms with Crippen LogP contribution in [0.15, 0.2) is 0 Å². The number of carbonyl (C=O) groups is 1. The first-order valence-electron chi connectivity index (χ1n) is 10.3. The number of carboxylic acids is 1. The molecule has 15 heteroatoms. The normalized spacial score (nSPS) is 53.6. The first-order chi connectivity index (χ1) is 15.3. The predicted octanol–water partition coefficient (Wildman–Crippen LogP) is -5.43. The SMILES string of the molecule is C[C@@H]1O[C@@H](O[C@H]2[C@H](O[C@@H]3[C@@H](O)[C@H](O)[C@@H](C(=O)O)O[C@H]3O)O[C@@H](C)[C@H](O)[C@H]2O)[C@H](O)[C@H](O)[C@H]1O. The van der Waals surface area contributed by atoms with Crippen LogP contribution in [0.1, 0.15) is 13.8 Å². The minimum absolute atomic E-state index is 0.989. The molecule has 0 radical (unpaired) electrons. The molecule has 3 aliphatic rings. The minimum atomic E-state index is -2.04. The standard InChI is InChI=1S/C18H30O15/c1-3-5(19)7(21)11(25)17(29-3)33-14-8(22)6(20)4(2)30-18(14)32-13-10(24)9(23)12(15(26)27)31-16(13)28/h3-14,16-25,28H,1-2H3,(H,26,27)/t3-,4-,5-,6-,7+,8+,9-,10-,11+,12-,13+,14+,16+,17-,18-/m0/s1. The summed E-state index contributed by atoms with van der Waals surface area (Å²) >= 11 is 0. The molecular formula is C18H30O15. The average Bonchev–Trinajstić information content (AvgIpc) is 2.76. The van der Waals surface area contributed by atoms with Crippen LogP contribution in [0.5, 0.6) is 0 Å². The Morgan fingerprint density at radius 2 is 1.09 bits per heavy atom. The second-order valence-electron chi connectivity index (χ2n) is 8.34. The zero-order valence-electron chi connectivity index (χ0n) is 17.6. The van der Waals surface area contributed by atoms with Crippen molar-refractivity contribution in [3.8, 4) is 0 Å². The predicted molar refractivity (Wildman–Crippen MR) is 99.0 cm³/mol. The van der Waals surface area contributed by atoms with Crippen molar-refractivity contribution in [2.75, 3.05) is 0 Å². The van der Waals surface area contributed by atoms with Crippen LogP contribution in [-0.2, 0) is 28.5 Å². The zero-order chi connectivity index (χ0) is 24.8. The van der Waals surface area contributed by atoms with Gasteiger partial charge in [0.25, 0.3) is 0 Å². The zero-order valence-corrected chi connectivity index (χ0v) is 17.6. The second kappa shape index (κ2) is 10.3. The molecule has 33 heavy (non-hydrogen) atoms. The van der Waals surface area contributed by atoms with Gasteiger partial charge in [-0.1, -0.05) is 0 Å². The van der Waals surface area contributed by atoms with Crippen LogP contribution >= 0.6 is 0 Å². The van der Waals surface area contributed by atoms with Crippen LogP contribution in [0.3, 0.4) is 0 Å². The van der Waals surface area contributed by atoms with Crippen LogP contribution in [-0.4, -0.2) is 144 Å². The van der Waals surface area contributed by atoms with Gasteiger partial charge in [-0.3, -0.25) is 0 Å². The van der Waals surface area contributed by atoms with Gasteiger partial charge in [0.15, 0.2) is 25.0 Å². The maximum Gasteiger partial charge on any atom is 0.335 e. The van der Waals surface area contributed by atoms with Crippen molar-refractivity contribution in [1.29, 1.82) is 0 Å². The number of rotatable bonds is 5. The molecule has 3 rings (SSSR count). The van der Waals surface area contributed by atoms with Gasteiger partial charge in [0.2, 0.25) is 0 Å². The van der Waals surface area contributed by atoms with E-state index in [1.807, 2.05) is 0 Å². The minimum Gasteiger partial charge on any atom is -0.479 e. The first kappa shape index (κ1) is 26.6. The molecule has 0 aromatic heterocycles. The van der Waals surface area contributed by atoms with E-state index in [4.69, 9.17) is 28.8 Å². The van der Waals surface area contributed by atoms with Crippen molar-refractivity contribution in [3.63, 3.8) is 0 Å². The van der Waals surface area contributed by atoms with E-state index < -0.39 is 98.1 Å². The highest BCUT2D eigenvalue weighted by Gasteiger charge is 2.53. The summed E-state index contributed by atoms with van der Waals surface area (Å²) in [7, 11) is 0. The lowest BCUT2D eigenvalue weighted by Gasteiger charge is -2.47. The van der Waals surface area contributed by atoms with Gasteiger partial charge in [-0.25, -0.2) is 4.79 Å². The molecule has 0 spiro atoms. The molecule has 3 fully saturated rings. The van der Waals surface area contributed by atoms with Gasteiger partial charge in [0.1, 0.15) is 54.9 Å². The van der Waals surface area contributed by atoms with Crippen LogP contribution in [0, 0.1) is 0 Å². The van der Waals surface area contributed by atoms with Crippen molar-refractivity contribution in [2.45, 2.75) is 106 Å². The molecule has 0 aliphatic carbocycles. The van der Waals surface area contributed by atoms with Crippen LogP contribution in [0.2, 0.25) is 0 Å². The van der Waals surface area contributed by atoms with Crippen LogP contribution in [0.25, 0.3) is 0 Å². The van der Waals surface area contributed by atoms with Gasteiger partial charge in [-0.15, -0.1) is 0 Å². The molecule has 0 aromatic carbocycles. The molecule has 3 aliphatic heterocycles. The summed E-state index contributed by atoms with van der Waals surface area (Å²) in [5.74, 6) is -1.64. The highest BCUT2D eigenvalue weighted by molar-refractivity contribution is 5.73. The van der Waals surface area contributed by atoms with Crippen LogP contribution in [0.4, 0.5) is 0 Å². The Kier molecular flexibility index (Phi) is 8.28. The lowest BCUT2D eigenvalue weighted by Crippen LogP contribution is -2.66.